The van der Waals surface area contributed by atoms with Crippen LogP contribution in [-0.4, -0.2) is 50.9 Å². The molecule has 0 atom stereocenters. The summed E-state index contributed by atoms with van der Waals surface area (Å²) in [6, 6.07) is 5.76. The third kappa shape index (κ3) is 3.75. The normalized spacial score (nSPS) is 15.1. The molecule has 1 fully saturated rings. The van der Waals surface area contributed by atoms with E-state index in [1.165, 1.54) is 6.20 Å². The predicted octanol–water partition coefficient (Wildman–Crippen LogP) is 2.71. The number of aromatic nitrogens is 5. The van der Waals surface area contributed by atoms with Crippen LogP contribution in [0.5, 0.6) is 0 Å². The van der Waals surface area contributed by atoms with Crippen molar-refractivity contribution < 1.29 is 13.2 Å². The number of piperazine rings is 1. The molecule has 0 bridgehead atoms. The minimum absolute atomic E-state index is 0.338. The van der Waals surface area contributed by atoms with Crippen molar-refractivity contribution in [3.63, 3.8) is 0 Å². The van der Waals surface area contributed by atoms with Crippen molar-refractivity contribution in [1.29, 1.82) is 0 Å². The molecule has 0 radical (unpaired) electrons. The smallest absolute Gasteiger partial charge is 0.353 e. The number of hydrogen-bond donors (Lipinski definition) is 0. The number of aryl methyl sites for hydroxylation is 1. The first kappa shape index (κ1) is 18.2. The van der Waals surface area contributed by atoms with E-state index in [1.54, 1.807) is 10.9 Å². The lowest BCUT2D eigenvalue weighted by Gasteiger charge is -2.36. The number of pyridine rings is 1. The molecule has 0 N–H and O–H groups in total. The van der Waals surface area contributed by atoms with Gasteiger partial charge in [-0.2, -0.15) is 18.3 Å². The van der Waals surface area contributed by atoms with Crippen LogP contribution < -0.4 is 9.80 Å². The monoisotopic (exact) mass is 389 g/mol. The van der Waals surface area contributed by atoms with Crippen molar-refractivity contribution in [1.82, 2.24) is 24.7 Å². The lowest BCUT2D eigenvalue weighted by Crippen LogP contribution is -2.47. The minimum atomic E-state index is -4.37. The SMILES string of the molecule is Cc1nc(N2CCN(c3cc(C(F)(F)F)ccn3)CC2)cc(-n2cccn2)n1. The van der Waals surface area contributed by atoms with Gasteiger partial charge in [0.2, 0.25) is 0 Å². The first-order valence-corrected chi connectivity index (χ1v) is 8.79. The molecule has 0 aliphatic carbocycles. The van der Waals surface area contributed by atoms with E-state index >= 15 is 0 Å². The highest BCUT2D eigenvalue weighted by atomic mass is 19.4. The van der Waals surface area contributed by atoms with Crippen LogP contribution in [0.2, 0.25) is 0 Å². The molecule has 146 valence electrons. The van der Waals surface area contributed by atoms with Gasteiger partial charge in [-0.1, -0.05) is 0 Å². The second-order valence-corrected chi connectivity index (χ2v) is 6.46. The van der Waals surface area contributed by atoms with Gasteiger partial charge in [-0.05, 0) is 25.1 Å². The maximum Gasteiger partial charge on any atom is 0.416 e. The van der Waals surface area contributed by atoms with Crippen LogP contribution in [0, 0.1) is 6.92 Å². The second kappa shape index (κ2) is 7.10. The largest absolute Gasteiger partial charge is 0.416 e. The summed E-state index contributed by atoms with van der Waals surface area (Å²) in [6.45, 7) is 4.15. The molecule has 1 saturated heterocycles. The number of rotatable bonds is 3. The van der Waals surface area contributed by atoms with Crippen molar-refractivity contribution in [2.24, 2.45) is 0 Å². The Hall–Kier alpha value is -3.17. The molecule has 3 aromatic rings. The summed E-state index contributed by atoms with van der Waals surface area (Å²) in [5.74, 6) is 2.42. The molecule has 28 heavy (non-hydrogen) atoms. The summed E-state index contributed by atoms with van der Waals surface area (Å²) < 4.78 is 40.5. The van der Waals surface area contributed by atoms with Gasteiger partial charge in [-0.15, -0.1) is 0 Å². The van der Waals surface area contributed by atoms with Crippen LogP contribution >= 0.6 is 0 Å². The quantitative estimate of drug-likeness (QED) is 0.687. The molecule has 7 nitrogen and oxygen atoms in total. The Labute approximate surface area is 159 Å². The molecular formula is C18H18F3N7. The number of hydrogen-bond acceptors (Lipinski definition) is 6. The van der Waals surface area contributed by atoms with E-state index in [1.807, 2.05) is 30.2 Å². The third-order valence-corrected chi connectivity index (χ3v) is 4.55. The summed E-state index contributed by atoms with van der Waals surface area (Å²) in [6.07, 6.45) is 0.316. The molecule has 0 spiro atoms. The summed E-state index contributed by atoms with van der Waals surface area (Å²) >= 11 is 0. The van der Waals surface area contributed by atoms with Crippen LogP contribution in [0.4, 0.5) is 24.8 Å². The molecule has 0 amide bonds. The Morgan fingerprint density at radius 2 is 1.57 bits per heavy atom. The van der Waals surface area contributed by atoms with E-state index in [4.69, 9.17) is 0 Å². The Morgan fingerprint density at radius 3 is 2.21 bits per heavy atom. The molecule has 4 rings (SSSR count). The van der Waals surface area contributed by atoms with Gasteiger partial charge in [0.25, 0.3) is 0 Å². The number of nitrogens with zero attached hydrogens (tertiary/aromatic N) is 7. The van der Waals surface area contributed by atoms with Crippen LogP contribution in [0.25, 0.3) is 5.82 Å². The van der Waals surface area contributed by atoms with Gasteiger partial charge >= 0.3 is 6.18 Å². The summed E-state index contributed by atoms with van der Waals surface area (Å²) in [7, 11) is 0. The zero-order valence-electron chi connectivity index (χ0n) is 15.1. The fraction of sp³-hybridized carbons (Fsp3) is 0.333. The zero-order valence-corrected chi connectivity index (χ0v) is 15.1. The van der Waals surface area contributed by atoms with Crippen LogP contribution in [0.3, 0.4) is 0 Å². The average molecular weight is 389 g/mol. The van der Waals surface area contributed by atoms with Crippen molar-refractivity contribution >= 4 is 11.6 Å². The van der Waals surface area contributed by atoms with E-state index in [2.05, 4.69) is 25.0 Å². The van der Waals surface area contributed by atoms with Gasteiger partial charge in [-0.25, -0.2) is 19.6 Å². The van der Waals surface area contributed by atoms with Gasteiger partial charge in [0.05, 0.1) is 5.56 Å². The van der Waals surface area contributed by atoms with E-state index in [-0.39, 0.29) is 0 Å². The van der Waals surface area contributed by atoms with Gasteiger partial charge in [0, 0.05) is 50.8 Å². The van der Waals surface area contributed by atoms with Crippen LogP contribution in [0.15, 0.2) is 42.9 Å². The molecule has 0 unspecified atom stereocenters. The summed E-state index contributed by atoms with van der Waals surface area (Å²) in [4.78, 5) is 17.0. The van der Waals surface area contributed by atoms with Crippen molar-refractivity contribution in [2.75, 3.05) is 36.0 Å². The number of halogens is 3. The molecule has 1 aliphatic heterocycles. The highest BCUT2D eigenvalue weighted by Gasteiger charge is 2.31. The fourth-order valence-electron chi connectivity index (χ4n) is 3.15. The summed E-state index contributed by atoms with van der Waals surface area (Å²) in [5, 5.41) is 4.19. The number of anilines is 2. The van der Waals surface area contributed by atoms with E-state index < -0.39 is 11.7 Å². The average Bonchev–Trinajstić information content (AvgIpc) is 3.22. The van der Waals surface area contributed by atoms with Crippen LogP contribution in [0.1, 0.15) is 11.4 Å². The molecule has 10 heteroatoms. The van der Waals surface area contributed by atoms with E-state index in [9.17, 15) is 13.2 Å². The highest BCUT2D eigenvalue weighted by Crippen LogP contribution is 2.31. The minimum Gasteiger partial charge on any atom is -0.353 e. The number of alkyl halides is 3. The van der Waals surface area contributed by atoms with Crippen LogP contribution in [-0.2, 0) is 6.18 Å². The summed E-state index contributed by atoms with van der Waals surface area (Å²) in [5.41, 5.74) is -0.685. The highest BCUT2D eigenvalue weighted by molar-refractivity contribution is 5.48. The Balaban J connectivity index is 1.49. The van der Waals surface area contributed by atoms with Gasteiger partial charge < -0.3 is 9.80 Å². The first-order chi connectivity index (χ1) is 13.4. The lowest BCUT2D eigenvalue weighted by molar-refractivity contribution is -0.137. The third-order valence-electron chi connectivity index (χ3n) is 4.55. The Bertz CT molecular complexity index is 948. The van der Waals surface area contributed by atoms with Gasteiger partial charge in [0.15, 0.2) is 5.82 Å². The maximum atomic E-state index is 12.9. The Kier molecular flexibility index (Phi) is 4.62. The fourth-order valence-corrected chi connectivity index (χ4v) is 3.15. The predicted molar refractivity (Wildman–Crippen MR) is 97.6 cm³/mol. The second-order valence-electron chi connectivity index (χ2n) is 6.46. The zero-order chi connectivity index (χ0) is 19.7. The molecule has 1 aliphatic rings. The van der Waals surface area contributed by atoms with Crippen molar-refractivity contribution in [2.45, 2.75) is 13.1 Å². The topological polar surface area (TPSA) is 63.0 Å². The van der Waals surface area contributed by atoms with Crippen molar-refractivity contribution in [3.05, 3.63) is 54.2 Å². The molecule has 0 aromatic carbocycles. The first-order valence-electron chi connectivity index (χ1n) is 8.79. The van der Waals surface area contributed by atoms with Gasteiger partial charge in [-0.3, -0.25) is 0 Å². The van der Waals surface area contributed by atoms with Gasteiger partial charge in [0.1, 0.15) is 17.5 Å². The lowest BCUT2D eigenvalue weighted by atomic mass is 10.2. The molecule has 4 heterocycles. The Morgan fingerprint density at radius 1 is 0.893 bits per heavy atom. The molecular weight excluding hydrogens is 371 g/mol. The maximum absolute atomic E-state index is 12.9. The molecule has 3 aromatic heterocycles. The molecule has 0 saturated carbocycles. The van der Waals surface area contributed by atoms with Crippen molar-refractivity contribution in [3.8, 4) is 5.82 Å². The van der Waals surface area contributed by atoms with E-state index in [0.29, 0.717) is 43.6 Å². The standard InChI is InChI=1S/C18H18F3N7/c1-13-24-16(12-17(25-13)28-6-2-4-23-28)27-9-7-26(8-10-27)15-11-14(3-5-22-15)18(19,20)21/h2-6,11-12H,7-10H2,1H3. The van der Waals surface area contributed by atoms with E-state index in [0.717, 1.165) is 18.0 Å².